The van der Waals surface area contributed by atoms with E-state index in [1.807, 2.05) is 31.4 Å². The number of hydrogen-bond acceptors (Lipinski definition) is 4. The number of hydrogen-bond donors (Lipinski definition) is 2. The average molecular weight is 372 g/mol. The molecule has 3 rings (SSSR count). The third kappa shape index (κ3) is 4.30. The van der Waals surface area contributed by atoms with Gasteiger partial charge in [-0.1, -0.05) is 19.3 Å². The third-order valence-corrected chi connectivity index (χ3v) is 5.69. The molecule has 0 bridgehead atoms. The van der Waals surface area contributed by atoms with Crippen molar-refractivity contribution < 1.29 is 9.59 Å². The second-order valence-corrected chi connectivity index (χ2v) is 7.88. The molecular weight excluding hydrogens is 346 g/mol. The molecule has 1 aromatic carbocycles. The minimum atomic E-state index is -0.115. The standard InChI is InChI=1S/C20H25N3O2S/c1-12-9-16(17(10-13(12)2)21-14(3)24)18-11-26-20(22-18)23-19(25)15-7-5-4-6-8-15/h9-11,15H,4-8H2,1-3H3,(H,21,24)(H,22,23,25). The number of anilines is 2. The minimum Gasteiger partial charge on any atom is -0.326 e. The molecule has 0 aliphatic heterocycles. The number of carbonyl (C=O) groups excluding carboxylic acids is 2. The first-order chi connectivity index (χ1) is 12.4. The molecule has 1 aromatic heterocycles. The van der Waals surface area contributed by atoms with Gasteiger partial charge in [0.15, 0.2) is 5.13 Å². The second-order valence-electron chi connectivity index (χ2n) is 7.03. The van der Waals surface area contributed by atoms with Crippen LogP contribution in [0, 0.1) is 19.8 Å². The number of thiazole rings is 1. The summed E-state index contributed by atoms with van der Waals surface area (Å²) in [6.45, 7) is 5.55. The number of nitrogens with one attached hydrogen (secondary N) is 2. The van der Waals surface area contributed by atoms with E-state index in [4.69, 9.17) is 0 Å². The van der Waals surface area contributed by atoms with Gasteiger partial charge in [0.05, 0.1) is 11.4 Å². The van der Waals surface area contributed by atoms with Gasteiger partial charge in [0.2, 0.25) is 11.8 Å². The first-order valence-electron chi connectivity index (χ1n) is 9.09. The molecule has 2 aromatic rings. The largest absolute Gasteiger partial charge is 0.326 e. The number of benzene rings is 1. The van der Waals surface area contributed by atoms with Crippen molar-refractivity contribution in [3.8, 4) is 11.3 Å². The number of aromatic nitrogens is 1. The summed E-state index contributed by atoms with van der Waals surface area (Å²) in [6.07, 6.45) is 5.42. The lowest BCUT2D eigenvalue weighted by atomic mass is 9.89. The summed E-state index contributed by atoms with van der Waals surface area (Å²) in [7, 11) is 0. The Labute approximate surface area is 158 Å². The highest BCUT2D eigenvalue weighted by molar-refractivity contribution is 7.14. The van der Waals surface area contributed by atoms with Crippen LogP contribution in [0.3, 0.4) is 0 Å². The van der Waals surface area contributed by atoms with Gasteiger partial charge in [-0.3, -0.25) is 9.59 Å². The summed E-state index contributed by atoms with van der Waals surface area (Å²) in [5.41, 5.74) is 4.63. The van der Waals surface area contributed by atoms with Crippen LogP contribution in [0.1, 0.15) is 50.2 Å². The van der Waals surface area contributed by atoms with E-state index in [9.17, 15) is 9.59 Å². The van der Waals surface area contributed by atoms with Crippen LogP contribution in [-0.4, -0.2) is 16.8 Å². The Balaban J connectivity index is 1.81. The fourth-order valence-corrected chi connectivity index (χ4v) is 4.06. The van der Waals surface area contributed by atoms with Crippen LogP contribution in [0.25, 0.3) is 11.3 Å². The van der Waals surface area contributed by atoms with Crippen molar-refractivity contribution in [2.24, 2.45) is 5.92 Å². The van der Waals surface area contributed by atoms with Gasteiger partial charge in [0, 0.05) is 23.8 Å². The van der Waals surface area contributed by atoms with E-state index in [-0.39, 0.29) is 17.7 Å². The predicted octanol–water partition coefficient (Wildman–Crippen LogP) is 4.90. The van der Waals surface area contributed by atoms with Gasteiger partial charge in [0.25, 0.3) is 0 Å². The van der Waals surface area contributed by atoms with Crippen molar-refractivity contribution in [3.05, 3.63) is 28.6 Å². The molecule has 138 valence electrons. The first-order valence-corrected chi connectivity index (χ1v) is 9.97. The van der Waals surface area contributed by atoms with Crippen LogP contribution in [0.5, 0.6) is 0 Å². The molecule has 6 heteroatoms. The van der Waals surface area contributed by atoms with E-state index in [2.05, 4.69) is 15.6 Å². The van der Waals surface area contributed by atoms with Gasteiger partial charge in [-0.2, -0.15) is 0 Å². The molecule has 0 spiro atoms. The Morgan fingerprint density at radius 1 is 1.08 bits per heavy atom. The molecule has 2 N–H and O–H groups in total. The lowest BCUT2D eigenvalue weighted by Gasteiger charge is -2.19. The summed E-state index contributed by atoms with van der Waals surface area (Å²) in [4.78, 5) is 28.5. The van der Waals surface area contributed by atoms with Crippen molar-refractivity contribution >= 4 is 34.0 Å². The normalized spacial score (nSPS) is 14.9. The molecule has 0 radical (unpaired) electrons. The van der Waals surface area contributed by atoms with E-state index < -0.39 is 0 Å². The predicted molar refractivity (Wildman–Crippen MR) is 107 cm³/mol. The monoisotopic (exact) mass is 371 g/mol. The van der Waals surface area contributed by atoms with Gasteiger partial charge >= 0.3 is 0 Å². The maximum absolute atomic E-state index is 12.4. The maximum Gasteiger partial charge on any atom is 0.229 e. The molecule has 1 heterocycles. The summed E-state index contributed by atoms with van der Waals surface area (Å²) in [5.74, 6) is 0.0657. The lowest BCUT2D eigenvalue weighted by Crippen LogP contribution is -2.24. The number of amides is 2. The quantitative estimate of drug-likeness (QED) is 0.802. The maximum atomic E-state index is 12.4. The highest BCUT2D eigenvalue weighted by atomic mass is 32.1. The Bertz CT molecular complexity index is 822. The average Bonchev–Trinajstić information content (AvgIpc) is 3.06. The molecular formula is C20H25N3O2S. The summed E-state index contributed by atoms with van der Waals surface area (Å²) < 4.78 is 0. The van der Waals surface area contributed by atoms with Crippen molar-refractivity contribution in [2.45, 2.75) is 52.9 Å². The highest BCUT2D eigenvalue weighted by Gasteiger charge is 2.22. The Hall–Kier alpha value is -2.21. The highest BCUT2D eigenvalue weighted by Crippen LogP contribution is 2.33. The fraction of sp³-hybridized carbons (Fsp3) is 0.450. The van der Waals surface area contributed by atoms with Gasteiger partial charge in [-0.15, -0.1) is 11.3 Å². The summed E-state index contributed by atoms with van der Waals surface area (Å²) >= 11 is 1.42. The zero-order valence-electron chi connectivity index (χ0n) is 15.5. The topological polar surface area (TPSA) is 71.1 Å². The van der Waals surface area contributed by atoms with Crippen LogP contribution >= 0.6 is 11.3 Å². The van der Waals surface area contributed by atoms with Crippen LogP contribution in [-0.2, 0) is 9.59 Å². The SMILES string of the molecule is CC(=O)Nc1cc(C)c(C)cc1-c1csc(NC(=O)C2CCCCC2)n1. The Kier molecular flexibility index (Phi) is 5.71. The zero-order valence-corrected chi connectivity index (χ0v) is 16.3. The molecule has 0 unspecified atom stereocenters. The molecule has 2 amide bonds. The van der Waals surface area contributed by atoms with E-state index in [1.165, 1.54) is 24.7 Å². The Morgan fingerprint density at radius 2 is 1.77 bits per heavy atom. The number of nitrogens with zero attached hydrogens (tertiary/aromatic N) is 1. The van der Waals surface area contributed by atoms with Crippen molar-refractivity contribution in [3.63, 3.8) is 0 Å². The van der Waals surface area contributed by atoms with Crippen LogP contribution in [0.15, 0.2) is 17.5 Å². The van der Waals surface area contributed by atoms with Crippen molar-refractivity contribution in [1.82, 2.24) is 4.98 Å². The van der Waals surface area contributed by atoms with Crippen LogP contribution in [0.4, 0.5) is 10.8 Å². The summed E-state index contributed by atoms with van der Waals surface area (Å²) in [6, 6.07) is 3.99. The molecule has 26 heavy (non-hydrogen) atoms. The van der Waals surface area contributed by atoms with E-state index >= 15 is 0 Å². The third-order valence-electron chi connectivity index (χ3n) is 4.93. The second kappa shape index (κ2) is 7.99. The number of rotatable bonds is 4. The van der Waals surface area contributed by atoms with Crippen molar-refractivity contribution in [1.29, 1.82) is 0 Å². The first kappa shape index (κ1) is 18.6. The molecule has 1 aliphatic carbocycles. The molecule has 1 fully saturated rings. The number of aryl methyl sites for hydroxylation is 2. The van der Waals surface area contributed by atoms with Gasteiger partial charge in [-0.25, -0.2) is 4.98 Å². The molecule has 0 saturated heterocycles. The Morgan fingerprint density at radius 3 is 2.46 bits per heavy atom. The molecule has 5 nitrogen and oxygen atoms in total. The van der Waals surface area contributed by atoms with Gasteiger partial charge in [0.1, 0.15) is 0 Å². The zero-order chi connectivity index (χ0) is 18.7. The van der Waals surface area contributed by atoms with Gasteiger partial charge in [-0.05, 0) is 49.9 Å². The molecule has 1 aliphatic rings. The smallest absolute Gasteiger partial charge is 0.229 e. The van der Waals surface area contributed by atoms with Crippen LogP contribution in [0.2, 0.25) is 0 Å². The van der Waals surface area contributed by atoms with E-state index in [0.29, 0.717) is 5.13 Å². The van der Waals surface area contributed by atoms with Gasteiger partial charge < -0.3 is 10.6 Å². The molecule has 1 saturated carbocycles. The molecule has 0 atom stereocenters. The minimum absolute atomic E-state index is 0.0766. The van der Waals surface area contributed by atoms with E-state index in [0.717, 1.165) is 53.8 Å². The van der Waals surface area contributed by atoms with Crippen molar-refractivity contribution in [2.75, 3.05) is 10.6 Å². The fourth-order valence-electron chi connectivity index (χ4n) is 3.35. The summed E-state index contributed by atoms with van der Waals surface area (Å²) in [5, 5.41) is 8.39. The van der Waals surface area contributed by atoms with E-state index in [1.54, 1.807) is 0 Å². The number of carbonyl (C=O) groups is 2. The lowest BCUT2D eigenvalue weighted by molar-refractivity contribution is -0.120. The van der Waals surface area contributed by atoms with Crippen LogP contribution < -0.4 is 10.6 Å².